The lowest BCUT2D eigenvalue weighted by atomic mass is 10.1. The maximum Gasteiger partial charge on any atom is 0.243 e. The quantitative estimate of drug-likeness (QED) is 0.781. The molecule has 5 heteroatoms. The zero-order valence-corrected chi connectivity index (χ0v) is 9.67. The zero-order valence-electron chi connectivity index (χ0n) is 9.67. The minimum absolute atomic E-state index is 0.0978. The molecule has 90 valence electrons. The van der Waals surface area contributed by atoms with E-state index in [-0.39, 0.29) is 11.9 Å². The van der Waals surface area contributed by atoms with Gasteiger partial charge in [-0.05, 0) is 25.0 Å². The van der Waals surface area contributed by atoms with Gasteiger partial charge >= 0.3 is 0 Å². The number of nitrogens with zero attached hydrogens (tertiary/aromatic N) is 3. The molecule has 1 N–H and O–H groups in total. The van der Waals surface area contributed by atoms with Crippen LogP contribution < -0.4 is 10.2 Å². The normalized spacial score (nSPS) is 16.6. The molecule has 1 aliphatic rings. The Balaban J connectivity index is 1.86. The molecule has 1 aromatic rings. The second-order valence-electron chi connectivity index (χ2n) is 4.02. The molecule has 5 nitrogen and oxygen atoms in total. The van der Waals surface area contributed by atoms with Crippen molar-refractivity contribution in [3.63, 3.8) is 0 Å². The van der Waals surface area contributed by atoms with Crippen molar-refractivity contribution in [3.8, 4) is 0 Å². The predicted octanol–water partition coefficient (Wildman–Crippen LogP) is 0.748. The summed E-state index contributed by atoms with van der Waals surface area (Å²) in [7, 11) is 0. The number of rotatable bonds is 3. The van der Waals surface area contributed by atoms with Crippen molar-refractivity contribution in [3.05, 3.63) is 31.1 Å². The Hall–Kier alpha value is -1.91. The first-order chi connectivity index (χ1) is 8.29. The van der Waals surface area contributed by atoms with Gasteiger partial charge in [0.25, 0.3) is 0 Å². The number of nitrogens with one attached hydrogen (secondary N) is 1. The number of carbonyl (C=O) groups is 1. The Morgan fingerprint density at radius 3 is 2.65 bits per heavy atom. The van der Waals surface area contributed by atoms with Crippen molar-refractivity contribution in [1.29, 1.82) is 0 Å². The van der Waals surface area contributed by atoms with E-state index in [1.165, 1.54) is 6.08 Å². The molecule has 0 saturated carbocycles. The SMILES string of the molecule is C=CC(=O)NC1CCN(c2ncccn2)CC1. The third-order valence-electron chi connectivity index (χ3n) is 2.86. The molecule has 1 aromatic heterocycles. The van der Waals surface area contributed by atoms with Crippen molar-refractivity contribution in [2.45, 2.75) is 18.9 Å². The van der Waals surface area contributed by atoms with E-state index in [4.69, 9.17) is 0 Å². The fraction of sp³-hybridized carbons (Fsp3) is 0.417. The Kier molecular flexibility index (Phi) is 3.69. The molecular weight excluding hydrogens is 216 g/mol. The molecule has 0 bridgehead atoms. The monoisotopic (exact) mass is 232 g/mol. The first-order valence-electron chi connectivity index (χ1n) is 5.74. The van der Waals surface area contributed by atoms with Crippen molar-refractivity contribution in [1.82, 2.24) is 15.3 Å². The number of aromatic nitrogens is 2. The number of piperidine rings is 1. The van der Waals surface area contributed by atoms with E-state index in [2.05, 4.69) is 26.8 Å². The molecule has 1 amide bonds. The molecular formula is C12H16N4O. The minimum Gasteiger partial charge on any atom is -0.350 e. The molecule has 2 rings (SSSR count). The highest BCUT2D eigenvalue weighted by Gasteiger charge is 2.21. The lowest BCUT2D eigenvalue weighted by Crippen LogP contribution is -2.44. The van der Waals surface area contributed by atoms with E-state index in [9.17, 15) is 4.79 Å². The van der Waals surface area contributed by atoms with Crippen molar-refractivity contribution in [2.75, 3.05) is 18.0 Å². The number of carbonyl (C=O) groups excluding carboxylic acids is 1. The van der Waals surface area contributed by atoms with E-state index in [0.717, 1.165) is 31.9 Å². The van der Waals surface area contributed by atoms with E-state index >= 15 is 0 Å². The Labute approximate surface area is 101 Å². The van der Waals surface area contributed by atoms with Crippen LogP contribution >= 0.6 is 0 Å². The molecule has 0 radical (unpaired) electrons. The molecule has 17 heavy (non-hydrogen) atoms. The van der Waals surface area contributed by atoms with Crippen LogP contribution in [-0.2, 0) is 4.79 Å². The van der Waals surface area contributed by atoms with E-state index < -0.39 is 0 Å². The van der Waals surface area contributed by atoms with Crippen LogP contribution in [0.5, 0.6) is 0 Å². The summed E-state index contributed by atoms with van der Waals surface area (Å²) in [5.41, 5.74) is 0. The lowest BCUT2D eigenvalue weighted by molar-refractivity contribution is -0.117. The number of anilines is 1. The van der Waals surface area contributed by atoms with Gasteiger partial charge in [-0.1, -0.05) is 6.58 Å². The van der Waals surface area contributed by atoms with E-state index in [1.807, 2.05) is 0 Å². The molecule has 1 fully saturated rings. The van der Waals surface area contributed by atoms with Gasteiger partial charge in [-0.2, -0.15) is 0 Å². The molecule has 0 spiro atoms. The van der Waals surface area contributed by atoms with Crippen molar-refractivity contribution in [2.24, 2.45) is 0 Å². The summed E-state index contributed by atoms with van der Waals surface area (Å²) in [6.07, 6.45) is 6.63. The smallest absolute Gasteiger partial charge is 0.243 e. The highest BCUT2D eigenvalue weighted by Crippen LogP contribution is 2.15. The van der Waals surface area contributed by atoms with Crippen LogP contribution in [0.15, 0.2) is 31.1 Å². The van der Waals surface area contributed by atoms with Crippen LogP contribution in [0, 0.1) is 0 Å². The van der Waals surface area contributed by atoms with Crippen molar-refractivity contribution < 1.29 is 4.79 Å². The first kappa shape index (κ1) is 11.6. The second kappa shape index (κ2) is 5.43. The summed E-state index contributed by atoms with van der Waals surface area (Å²) >= 11 is 0. The summed E-state index contributed by atoms with van der Waals surface area (Å²) < 4.78 is 0. The summed E-state index contributed by atoms with van der Waals surface area (Å²) in [4.78, 5) is 21.7. The van der Waals surface area contributed by atoms with Gasteiger partial charge in [0.2, 0.25) is 11.9 Å². The lowest BCUT2D eigenvalue weighted by Gasteiger charge is -2.32. The molecule has 0 atom stereocenters. The summed E-state index contributed by atoms with van der Waals surface area (Å²) in [6.45, 7) is 5.18. The van der Waals surface area contributed by atoms with Crippen LogP contribution in [0.3, 0.4) is 0 Å². The molecule has 1 aliphatic heterocycles. The molecule has 0 aliphatic carbocycles. The van der Waals surface area contributed by atoms with Gasteiger partial charge in [0.1, 0.15) is 0 Å². The van der Waals surface area contributed by atoms with Crippen molar-refractivity contribution >= 4 is 11.9 Å². The maximum atomic E-state index is 11.2. The Morgan fingerprint density at radius 1 is 1.41 bits per heavy atom. The zero-order chi connectivity index (χ0) is 12.1. The maximum absolute atomic E-state index is 11.2. The molecule has 0 aromatic carbocycles. The number of hydrogen-bond acceptors (Lipinski definition) is 4. The Bertz CT molecular complexity index is 385. The fourth-order valence-electron chi connectivity index (χ4n) is 1.94. The van der Waals surface area contributed by atoms with Gasteiger partial charge in [-0.25, -0.2) is 9.97 Å². The molecule has 2 heterocycles. The summed E-state index contributed by atoms with van der Waals surface area (Å²) in [5.74, 6) is 0.667. The molecule has 1 saturated heterocycles. The molecule has 0 unspecified atom stereocenters. The van der Waals surface area contributed by atoms with Gasteiger partial charge < -0.3 is 10.2 Å². The summed E-state index contributed by atoms with van der Waals surface area (Å²) in [6, 6.07) is 2.04. The standard InChI is InChI=1S/C12H16N4O/c1-2-11(17)15-10-4-8-16(9-5-10)12-13-6-3-7-14-12/h2-3,6-7,10H,1,4-5,8-9H2,(H,15,17). The highest BCUT2D eigenvalue weighted by atomic mass is 16.1. The first-order valence-corrected chi connectivity index (χ1v) is 5.74. The van der Waals surface area contributed by atoms with Gasteiger partial charge in [0.05, 0.1) is 0 Å². The summed E-state index contributed by atoms with van der Waals surface area (Å²) in [5, 5.41) is 2.92. The van der Waals surface area contributed by atoms with Crippen LogP contribution in [0.1, 0.15) is 12.8 Å². The predicted molar refractivity (Wildman–Crippen MR) is 65.6 cm³/mol. The van der Waals surface area contributed by atoms with Crippen LogP contribution in [0.4, 0.5) is 5.95 Å². The minimum atomic E-state index is -0.0978. The number of amides is 1. The topological polar surface area (TPSA) is 58.1 Å². The second-order valence-corrected chi connectivity index (χ2v) is 4.02. The van der Waals surface area contributed by atoms with Gasteiger partial charge in [0.15, 0.2) is 0 Å². The third kappa shape index (κ3) is 3.03. The van der Waals surface area contributed by atoms with Crippen LogP contribution in [0.25, 0.3) is 0 Å². The van der Waals surface area contributed by atoms with Gasteiger partial charge in [-0.3, -0.25) is 4.79 Å². The average Bonchev–Trinajstić information content (AvgIpc) is 2.40. The largest absolute Gasteiger partial charge is 0.350 e. The Morgan fingerprint density at radius 2 is 2.06 bits per heavy atom. The van der Waals surface area contributed by atoms with Gasteiger partial charge in [0, 0.05) is 31.5 Å². The van der Waals surface area contributed by atoms with Crippen LogP contribution in [-0.4, -0.2) is 35.0 Å². The fourth-order valence-corrected chi connectivity index (χ4v) is 1.94. The third-order valence-corrected chi connectivity index (χ3v) is 2.86. The van der Waals surface area contributed by atoms with Gasteiger partial charge in [-0.15, -0.1) is 0 Å². The average molecular weight is 232 g/mol. The highest BCUT2D eigenvalue weighted by molar-refractivity contribution is 5.87. The van der Waals surface area contributed by atoms with Crippen LogP contribution in [0.2, 0.25) is 0 Å². The van der Waals surface area contributed by atoms with E-state index in [0.29, 0.717) is 0 Å². The number of hydrogen-bond donors (Lipinski definition) is 1. The van der Waals surface area contributed by atoms with E-state index in [1.54, 1.807) is 18.5 Å².